The van der Waals surface area contributed by atoms with Gasteiger partial charge in [0, 0.05) is 22.7 Å². The lowest BCUT2D eigenvalue weighted by Crippen LogP contribution is -1.96. The monoisotopic (exact) mass is 307 g/mol. The van der Waals surface area contributed by atoms with Crippen molar-refractivity contribution >= 4 is 28.8 Å². The van der Waals surface area contributed by atoms with Crippen molar-refractivity contribution in [2.24, 2.45) is 5.10 Å². The number of aryl methyl sites for hydroxylation is 1. The van der Waals surface area contributed by atoms with E-state index in [1.165, 1.54) is 5.56 Å². The van der Waals surface area contributed by atoms with Gasteiger partial charge in [-0.05, 0) is 36.2 Å². The van der Waals surface area contributed by atoms with Crippen molar-refractivity contribution in [1.29, 1.82) is 0 Å². The molecule has 3 aromatic rings. The van der Waals surface area contributed by atoms with Gasteiger partial charge in [0.15, 0.2) is 0 Å². The van der Waals surface area contributed by atoms with Crippen LogP contribution in [0.15, 0.2) is 53.8 Å². The van der Waals surface area contributed by atoms with Crippen molar-refractivity contribution in [3.8, 4) is 0 Å². The molecule has 2 aromatic carbocycles. The van der Waals surface area contributed by atoms with Crippen molar-refractivity contribution in [3.63, 3.8) is 0 Å². The highest BCUT2D eigenvalue weighted by Crippen LogP contribution is 2.21. The Balaban J connectivity index is 1.77. The maximum absolute atomic E-state index is 10.8. The molecule has 0 saturated heterocycles. The summed E-state index contributed by atoms with van der Waals surface area (Å²) in [5, 5.41) is 14.2. The van der Waals surface area contributed by atoms with Crippen molar-refractivity contribution in [3.05, 3.63) is 65.4 Å². The normalized spacial score (nSPS) is 11.2. The third kappa shape index (κ3) is 3.08. The van der Waals surface area contributed by atoms with Gasteiger partial charge in [0.05, 0.1) is 17.5 Å². The van der Waals surface area contributed by atoms with Gasteiger partial charge in [-0.2, -0.15) is 5.10 Å². The first-order valence-electron chi connectivity index (χ1n) is 7.40. The Hall–Kier alpha value is -3.08. The Morgan fingerprint density at radius 3 is 2.74 bits per heavy atom. The highest BCUT2D eigenvalue weighted by Gasteiger charge is 2.04. The summed E-state index contributed by atoms with van der Waals surface area (Å²) in [7, 11) is 0. The number of carboxylic acid groups (broad SMARTS) is 1. The first kappa shape index (κ1) is 14.8. The molecule has 0 radical (unpaired) electrons. The molecule has 0 saturated carbocycles. The lowest BCUT2D eigenvalue weighted by atomic mass is 10.1. The zero-order valence-electron chi connectivity index (χ0n) is 12.7. The fourth-order valence-corrected chi connectivity index (χ4v) is 2.50. The first-order valence-corrected chi connectivity index (χ1v) is 7.40. The number of aromatic nitrogens is 1. The maximum Gasteiger partial charge on any atom is 0.335 e. The number of nitrogens with one attached hydrogen (secondary N) is 2. The van der Waals surface area contributed by atoms with Gasteiger partial charge < -0.3 is 10.1 Å². The number of fused-ring (bicyclic) bond motifs is 1. The molecule has 1 heterocycles. The Morgan fingerprint density at radius 2 is 2.04 bits per heavy atom. The number of carboxylic acids is 1. The van der Waals surface area contributed by atoms with E-state index < -0.39 is 5.97 Å². The average Bonchev–Trinajstić information content (AvgIpc) is 2.98. The number of aromatic carboxylic acids is 1. The number of hydrogen-bond acceptors (Lipinski definition) is 3. The zero-order chi connectivity index (χ0) is 16.2. The SMILES string of the molecule is CCc1cccc2c(/C=N/Nc3ccc(C(=O)O)cc3)c[nH]c12. The second kappa shape index (κ2) is 6.36. The van der Waals surface area contributed by atoms with E-state index in [1.54, 1.807) is 30.5 Å². The molecule has 0 spiro atoms. The summed E-state index contributed by atoms with van der Waals surface area (Å²) in [6.07, 6.45) is 4.66. The van der Waals surface area contributed by atoms with Gasteiger partial charge in [0.25, 0.3) is 0 Å². The fraction of sp³-hybridized carbons (Fsp3) is 0.111. The molecule has 5 nitrogen and oxygen atoms in total. The molecule has 0 fully saturated rings. The van der Waals surface area contributed by atoms with Gasteiger partial charge in [-0.1, -0.05) is 25.1 Å². The fourth-order valence-electron chi connectivity index (χ4n) is 2.50. The Labute approximate surface area is 133 Å². The van der Waals surface area contributed by atoms with Crippen LogP contribution in [0.25, 0.3) is 10.9 Å². The zero-order valence-corrected chi connectivity index (χ0v) is 12.7. The number of hydrazone groups is 1. The average molecular weight is 307 g/mol. The number of rotatable bonds is 5. The van der Waals surface area contributed by atoms with E-state index in [2.05, 4.69) is 34.6 Å². The molecule has 116 valence electrons. The van der Waals surface area contributed by atoms with E-state index in [9.17, 15) is 4.79 Å². The maximum atomic E-state index is 10.8. The molecular weight excluding hydrogens is 290 g/mol. The first-order chi connectivity index (χ1) is 11.2. The number of para-hydroxylation sites is 1. The second-order valence-corrected chi connectivity index (χ2v) is 5.19. The third-order valence-corrected chi connectivity index (χ3v) is 3.74. The Kier molecular flexibility index (Phi) is 4.10. The molecule has 0 bridgehead atoms. The van der Waals surface area contributed by atoms with E-state index in [-0.39, 0.29) is 5.56 Å². The number of nitrogens with zero attached hydrogens (tertiary/aromatic N) is 1. The lowest BCUT2D eigenvalue weighted by molar-refractivity contribution is 0.0697. The van der Waals surface area contributed by atoms with Crippen LogP contribution in [0.4, 0.5) is 5.69 Å². The molecule has 3 N–H and O–H groups in total. The Morgan fingerprint density at radius 1 is 1.26 bits per heavy atom. The largest absolute Gasteiger partial charge is 0.478 e. The summed E-state index contributed by atoms with van der Waals surface area (Å²) in [5.74, 6) is -0.939. The summed E-state index contributed by atoms with van der Waals surface area (Å²) in [5.41, 5.74) is 7.32. The highest BCUT2D eigenvalue weighted by molar-refractivity contribution is 6.00. The predicted molar refractivity (Wildman–Crippen MR) is 92.3 cm³/mol. The molecular formula is C18H17N3O2. The summed E-state index contributed by atoms with van der Waals surface area (Å²) in [6.45, 7) is 2.13. The Bertz CT molecular complexity index is 864. The van der Waals surface area contributed by atoms with Gasteiger partial charge in [-0.25, -0.2) is 4.79 Å². The van der Waals surface area contributed by atoms with E-state index in [1.807, 2.05) is 12.3 Å². The van der Waals surface area contributed by atoms with E-state index in [4.69, 9.17) is 5.11 Å². The standard InChI is InChI=1S/C18H17N3O2/c1-2-12-4-3-5-16-14(10-19-17(12)16)11-20-21-15-8-6-13(7-9-15)18(22)23/h3-11,19,21H,2H2,1H3,(H,22,23)/b20-11+. The van der Waals surface area contributed by atoms with Crippen LogP contribution in [0.2, 0.25) is 0 Å². The molecule has 0 amide bonds. The summed E-state index contributed by atoms with van der Waals surface area (Å²) in [4.78, 5) is 14.1. The van der Waals surface area contributed by atoms with Crippen LogP contribution in [-0.4, -0.2) is 22.3 Å². The number of aromatic amines is 1. The smallest absolute Gasteiger partial charge is 0.335 e. The van der Waals surface area contributed by atoms with Crippen molar-refractivity contribution < 1.29 is 9.90 Å². The lowest BCUT2D eigenvalue weighted by Gasteiger charge is -2.01. The van der Waals surface area contributed by atoms with E-state index >= 15 is 0 Å². The second-order valence-electron chi connectivity index (χ2n) is 5.19. The number of anilines is 1. The molecule has 0 aliphatic rings. The van der Waals surface area contributed by atoms with Crippen molar-refractivity contribution in [2.75, 3.05) is 5.43 Å². The molecule has 5 heteroatoms. The van der Waals surface area contributed by atoms with Gasteiger partial charge >= 0.3 is 5.97 Å². The highest BCUT2D eigenvalue weighted by atomic mass is 16.4. The van der Waals surface area contributed by atoms with Gasteiger partial charge in [0.1, 0.15) is 0 Å². The van der Waals surface area contributed by atoms with E-state index in [0.29, 0.717) is 0 Å². The quantitative estimate of drug-likeness (QED) is 0.494. The number of carbonyl (C=O) groups is 1. The van der Waals surface area contributed by atoms with Gasteiger partial charge in [-0.3, -0.25) is 5.43 Å². The van der Waals surface area contributed by atoms with E-state index in [0.717, 1.165) is 28.6 Å². The van der Waals surface area contributed by atoms with Gasteiger partial charge in [0.2, 0.25) is 0 Å². The van der Waals surface area contributed by atoms with Crippen LogP contribution >= 0.6 is 0 Å². The van der Waals surface area contributed by atoms with Crippen molar-refractivity contribution in [1.82, 2.24) is 4.98 Å². The minimum absolute atomic E-state index is 0.253. The van der Waals surface area contributed by atoms with Crippen molar-refractivity contribution in [2.45, 2.75) is 13.3 Å². The molecule has 23 heavy (non-hydrogen) atoms. The summed E-state index contributed by atoms with van der Waals surface area (Å²) >= 11 is 0. The molecule has 0 aliphatic heterocycles. The van der Waals surface area contributed by atoms with Gasteiger partial charge in [-0.15, -0.1) is 0 Å². The van der Waals surface area contributed by atoms with Crippen LogP contribution in [-0.2, 0) is 6.42 Å². The number of H-pyrrole nitrogens is 1. The molecule has 0 aliphatic carbocycles. The van der Waals surface area contributed by atoms with Crippen LogP contribution in [0.5, 0.6) is 0 Å². The summed E-state index contributed by atoms with van der Waals surface area (Å²) in [6, 6.07) is 12.7. The minimum Gasteiger partial charge on any atom is -0.478 e. The predicted octanol–water partition coefficient (Wildman–Crippen LogP) is 3.87. The molecule has 3 rings (SSSR count). The number of hydrogen-bond donors (Lipinski definition) is 3. The van der Waals surface area contributed by atoms with Crippen LogP contribution in [0.1, 0.15) is 28.4 Å². The molecule has 0 unspecified atom stereocenters. The van der Waals surface area contributed by atoms with Crippen LogP contribution in [0.3, 0.4) is 0 Å². The topological polar surface area (TPSA) is 77.5 Å². The summed E-state index contributed by atoms with van der Waals surface area (Å²) < 4.78 is 0. The molecule has 0 atom stereocenters. The third-order valence-electron chi connectivity index (χ3n) is 3.74. The minimum atomic E-state index is -0.939. The van der Waals surface area contributed by atoms with Crippen LogP contribution < -0.4 is 5.43 Å². The number of benzene rings is 2. The molecule has 1 aromatic heterocycles. The van der Waals surface area contributed by atoms with Crippen LogP contribution in [0, 0.1) is 0 Å².